The van der Waals surface area contributed by atoms with Gasteiger partial charge in [0.15, 0.2) is 6.10 Å². The molecule has 6 nitrogen and oxygen atoms in total. The van der Waals surface area contributed by atoms with E-state index in [9.17, 15) is 4.79 Å². The first-order chi connectivity index (χ1) is 14.7. The van der Waals surface area contributed by atoms with E-state index in [1.54, 1.807) is 13.1 Å². The quantitative estimate of drug-likeness (QED) is 0.484. The van der Waals surface area contributed by atoms with Gasteiger partial charge < -0.3 is 14.2 Å². The monoisotopic (exact) mass is 441 g/mol. The van der Waals surface area contributed by atoms with Crippen molar-refractivity contribution in [1.82, 2.24) is 15.0 Å². The molecule has 0 aliphatic rings. The molecule has 3 rings (SSSR count). The minimum Gasteiger partial charge on any atom is -0.481 e. The Hall–Kier alpha value is -2.86. The van der Waals surface area contributed by atoms with Gasteiger partial charge >= 0.3 is 0 Å². The van der Waals surface area contributed by atoms with E-state index in [1.807, 2.05) is 49.4 Å². The fourth-order valence-corrected chi connectivity index (χ4v) is 3.32. The largest absolute Gasteiger partial charge is 0.481 e. The maximum Gasteiger partial charge on any atom is 0.263 e. The second kappa shape index (κ2) is 9.52. The van der Waals surface area contributed by atoms with Gasteiger partial charge in [0.25, 0.3) is 5.91 Å². The van der Waals surface area contributed by atoms with Gasteiger partial charge in [0, 0.05) is 12.6 Å². The van der Waals surface area contributed by atoms with Crippen molar-refractivity contribution in [3.05, 3.63) is 65.0 Å². The minimum absolute atomic E-state index is 0.0611. The van der Waals surface area contributed by atoms with Gasteiger partial charge in [0.2, 0.25) is 11.7 Å². The summed E-state index contributed by atoms with van der Waals surface area (Å²) in [6, 6.07) is 15.1. The fraction of sp³-hybridized carbons (Fsp3) is 0.375. The standard InChI is InChI=1S/C24H28ClN3O3/c1-6-20(30-17-13-11-16(12-14-17)24(2,3)4)23(29)28(5)15-21-26-22(27-31-21)18-9-7-8-10-19(18)25/h7-14,20H,6,15H2,1-5H3/t20-/m1/s1. The van der Waals surface area contributed by atoms with Crippen LogP contribution >= 0.6 is 11.6 Å². The number of ether oxygens (including phenoxy) is 1. The van der Waals surface area contributed by atoms with Gasteiger partial charge in [-0.3, -0.25) is 4.79 Å². The molecule has 0 fully saturated rings. The number of likely N-dealkylation sites (N-methyl/N-ethyl adjacent to an activating group) is 1. The van der Waals surface area contributed by atoms with Gasteiger partial charge in [-0.05, 0) is 41.7 Å². The van der Waals surface area contributed by atoms with Crippen LogP contribution in [0.25, 0.3) is 11.4 Å². The van der Waals surface area contributed by atoms with Crippen molar-refractivity contribution in [2.45, 2.75) is 52.2 Å². The highest BCUT2D eigenvalue weighted by atomic mass is 35.5. The Morgan fingerprint density at radius 3 is 2.45 bits per heavy atom. The Labute approximate surface area is 188 Å². The van der Waals surface area contributed by atoms with Crippen molar-refractivity contribution in [3.63, 3.8) is 0 Å². The average Bonchev–Trinajstić information content (AvgIpc) is 3.19. The van der Waals surface area contributed by atoms with Gasteiger partial charge in [-0.15, -0.1) is 0 Å². The SMILES string of the molecule is CC[C@@H](Oc1ccc(C(C)(C)C)cc1)C(=O)N(C)Cc1nc(-c2ccccc2Cl)no1. The number of amides is 1. The van der Waals surface area contributed by atoms with Crippen LogP contribution in [0.1, 0.15) is 45.6 Å². The van der Waals surface area contributed by atoms with Crippen LogP contribution in [0, 0.1) is 0 Å². The number of carbonyl (C=O) groups excluding carboxylic acids is 1. The fourth-order valence-electron chi connectivity index (χ4n) is 3.10. The van der Waals surface area contributed by atoms with Crippen LogP contribution in [-0.2, 0) is 16.8 Å². The first-order valence-corrected chi connectivity index (χ1v) is 10.7. The van der Waals surface area contributed by atoms with E-state index in [0.29, 0.717) is 34.5 Å². The Kier molecular flexibility index (Phi) is 7.01. The smallest absolute Gasteiger partial charge is 0.263 e. The zero-order chi connectivity index (χ0) is 22.6. The molecule has 0 saturated heterocycles. The number of halogens is 1. The third-order valence-electron chi connectivity index (χ3n) is 4.98. The van der Waals surface area contributed by atoms with Crippen LogP contribution in [-0.4, -0.2) is 34.1 Å². The normalized spacial score (nSPS) is 12.5. The highest BCUT2D eigenvalue weighted by Gasteiger charge is 2.24. The van der Waals surface area contributed by atoms with Crippen LogP contribution in [0.5, 0.6) is 5.75 Å². The molecule has 0 N–H and O–H groups in total. The molecule has 1 atom stereocenters. The molecule has 2 aromatic carbocycles. The molecule has 0 unspecified atom stereocenters. The number of aromatic nitrogens is 2. The Morgan fingerprint density at radius 1 is 1.16 bits per heavy atom. The number of benzene rings is 2. The summed E-state index contributed by atoms with van der Waals surface area (Å²) in [4.78, 5) is 18.8. The number of rotatable bonds is 7. The molecular weight excluding hydrogens is 414 g/mol. The van der Waals surface area contributed by atoms with E-state index >= 15 is 0 Å². The molecule has 0 radical (unpaired) electrons. The molecule has 1 amide bonds. The number of hydrogen-bond acceptors (Lipinski definition) is 5. The summed E-state index contributed by atoms with van der Waals surface area (Å²) in [6.45, 7) is 8.57. The molecular formula is C24H28ClN3O3. The van der Waals surface area contributed by atoms with Crippen molar-refractivity contribution in [2.24, 2.45) is 0 Å². The Morgan fingerprint density at radius 2 is 1.84 bits per heavy atom. The van der Waals surface area contributed by atoms with Crippen molar-refractivity contribution in [2.75, 3.05) is 7.05 Å². The number of hydrogen-bond donors (Lipinski definition) is 0. The van der Waals surface area contributed by atoms with Crippen LogP contribution in [0.4, 0.5) is 0 Å². The molecule has 0 bridgehead atoms. The summed E-state index contributed by atoms with van der Waals surface area (Å²) in [5.41, 5.74) is 1.95. The summed E-state index contributed by atoms with van der Waals surface area (Å²) >= 11 is 6.19. The van der Waals surface area contributed by atoms with E-state index in [1.165, 1.54) is 10.5 Å². The van der Waals surface area contributed by atoms with Crippen LogP contribution < -0.4 is 4.74 Å². The lowest BCUT2D eigenvalue weighted by atomic mass is 9.87. The van der Waals surface area contributed by atoms with E-state index in [-0.39, 0.29) is 17.9 Å². The summed E-state index contributed by atoms with van der Waals surface area (Å²) < 4.78 is 11.3. The van der Waals surface area contributed by atoms with E-state index in [2.05, 4.69) is 30.9 Å². The van der Waals surface area contributed by atoms with Gasteiger partial charge in [0.05, 0.1) is 11.6 Å². The number of carbonyl (C=O) groups is 1. The second-order valence-corrected chi connectivity index (χ2v) is 8.88. The lowest BCUT2D eigenvalue weighted by Crippen LogP contribution is -2.39. The second-order valence-electron chi connectivity index (χ2n) is 8.47. The molecule has 0 aliphatic heterocycles. The van der Waals surface area contributed by atoms with Crippen LogP contribution in [0.15, 0.2) is 53.1 Å². The lowest BCUT2D eigenvalue weighted by molar-refractivity contribution is -0.138. The van der Waals surface area contributed by atoms with E-state index in [0.717, 1.165) is 0 Å². The first-order valence-electron chi connectivity index (χ1n) is 10.3. The van der Waals surface area contributed by atoms with E-state index < -0.39 is 6.10 Å². The van der Waals surface area contributed by atoms with Crippen molar-refractivity contribution < 1.29 is 14.1 Å². The molecule has 1 heterocycles. The topological polar surface area (TPSA) is 68.5 Å². The first kappa shape index (κ1) is 22.8. The molecule has 7 heteroatoms. The Bertz CT molecular complexity index is 1030. The lowest BCUT2D eigenvalue weighted by Gasteiger charge is -2.23. The maximum atomic E-state index is 12.9. The third-order valence-corrected chi connectivity index (χ3v) is 5.31. The molecule has 1 aromatic heterocycles. The maximum absolute atomic E-state index is 12.9. The van der Waals surface area contributed by atoms with Crippen LogP contribution in [0.3, 0.4) is 0 Å². The molecule has 0 saturated carbocycles. The molecule has 0 aliphatic carbocycles. The minimum atomic E-state index is -0.601. The van der Waals surface area contributed by atoms with E-state index in [4.69, 9.17) is 20.9 Å². The number of nitrogens with zero attached hydrogens (tertiary/aromatic N) is 3. The summed E-state index contributed by atoms with van der Waals surface area (Å²) in [5, 5.41) is 4.52. The summed E-state index contributed by atoms with van der Waals surface area (Å²) in [7, 11) is 1.69. The predicted octanol–water partition coefficient (Wildman–Crippen LogP) is 5.50. The van der Waals surface area contributed by atoms with Crippen molar-refractivity contribution >= 4 is 17.5 Å². The Balaban J connectivity index is 1.65. The van der Waals surface area contributed by atoms with Gasteiger partial charge in [0.1, 0.15) is 5.75 Å². The van der Waals surface area contributed by atoms with Crippen molar-refractivity contribution in [3.8, 4) is 17.1 Å². The highest BCUT2D eigenvalue weighted by Crippen LogP contribution is 2.26. The van der Waals surface area contributed by atoms with Crippen molar-refractivity contribution in [1.29, 1.82) is 0 Å². The molecule has 0 spiro atoms. The third kappa shape index (κ3) is 5.64. The zero-order valence-corrected chi connectivity index (χ0v) is 19.3. The zero-order valence-electron chi connectivity index (χ0n) is 18.6. The summed E-state index contributed by atoms with van der Waals surface area (Å²) in [5.74, 6) is 1.24. The van der Waals surface area contributed by atoms with Crippen LogP contribution in [0.2, 0.25) is 5.02 Å². The molecule has 3 aromatic rings. The van der Waals surface area contributed by atoms with Gasteiger partial charge in [-0.2, -0.15) is 4.98 Å². The summed E-state index contributed by atoms with van der Waals surface area (Å²) in [6.07, 6.45) is -0.0599. The predicted molar refractivity (Wildman–Crippen MR) is 121 cm³/mol. The highest BCUT2D eigenvalue weighted by molar-refractivity contribution is 6.33. The average molecular weight is 442 g/mol. The van der Waals surface area contributed by atoms with Gasteiger partial charge in [-0.1, -0.05) is 68.7 Å². The molecule has 31 heavy (non-hydrogen) atoms. The van der Waals surface area contributed by atoms with Gasteiger partial charge in [-0.25, -0.2) is 0 Å². The molecule has 164 valence electrons.